The van der Waals surface area contributed by atoms with E-state index < -0.39 is 6.04 Å². The third-order valence-electron chi connectivity index (χ3n) is 7.17. The van der Waals surface area contributed by atoms with Gasteiger partial charge in [-0.05, 0) is 61.9 Å². The van der Waals surface area contributed by atoms with E-state index in [-0.39, 0.29) is 24.1 Å². The summed E-state index contributed by atoms with van der Waals surface area (Å²) in [7, 11) is 0. The number of carbonyl (C=O) groups excluding carboxylic acids is 3. The highest BCUT2D eigenvalue weighted by atomic mass is 16.5. The molecule has 4 aliphatic rings. The van der Waals surface area contributed by atoms with Crippen LogP contribution in [0, 0.1) is 5.92 Å². The topological polar surface area (TPSA) is 79.0 Å². The fraction of sp³-hybridized carbons (Fsp3) is 0.591. The van der Waals surface area contributed by atoms with Crippen molar-refractivity contribution in [1.29, 1.82) is 0 Å². The predicted octanol–water partition coefficient (Wildman–Crippen LogP) is 1.70. The van der Waals surface area contributed by atoms with Gasteiger partial charge in [-0.25, -0.2) is 0 Å². The standard InChI is InChI=1S/C22H27N3O4/c1-2-24-15-4-3-13(9-15)19(24)12-29-16-5-6-17-14(10-16)11-25(22(17)28)18-7-8-20(26)23-21(18)27/h5-6,10,13,15,18-19H,2-4,7-9,11-12H2,1H3,(H,23,26,27)/t13-,15+,18-,19-/m1/s1. The molecule has 0 spiro atoms. The Morgan fingerprint density at radius 1 is 1.17 bits per heavy atom. The van der Waals surface area contributed by atoms with Crippen LogP contribution in [-0.2, 0) is 16.1 Å². The lowest BCUT2D eigenvalue weighted by atomic mass is 9.99. The number of piperidine rings is 2. The smallest absolute Gasteiger partial charge is 0.255 e. The number of likely N-dealkylation sites (tertiary alicyclic amines) is 1. The molecule has 1 aliphatic carbocycles. The molecule has 7 nitrogen and oxygen atoms in total. The van der Waals surface area contributed by atoms with Crippen molar-refractivity contribution in [3.8, 4) is 5.75 Å². The lowest BCUT2D eigenvalue weighted by molar-refractivity contribution is -0.136. The Morgan fingerprint density at radius 2 is 2.03 bits per heavy atom. The molecule has 3 amide bonds. The van der Waals surface area contributed by atoms with Crippen LogP contribution >= 0.6 is 0 Å². The van der Waals surface area contributed by atoms with E-state index in [2.05, 4.69) is 17.1 Å². The first-order valence-electron chi connectivity index (χ1n) is 10.7. The first kappa shape index (κ1) is 18.6. The number of likely N-dealkylation sites (N-methyl/N-ethyl adjacent to an activating group) is 1. The second-order valence-electron chi connectivity index (χ2n) is 8.65. The molecule has 1 aromatic rings. The first-order chi connectivity index (χ1) is 14.0. The summed E-state index contributed by atoms with van der Waals surface area (Å²) in [6, 6.07) is 6.21. The summed E-state index contributed by atoms with van der Waals surface area (Å²) in [6.07, 6.45) is 4.55. The van der Waals surface area contributed by atoms with Gasteiger partial charge < -0.3 is 9.64 Å². The van der Waals surface area contributed by atoms with E-state index in [1.165, 1.54) is 19.3 Å². The Kier molecular flexibility index (Phi) is 4.57. The van der Waals surface area contributed by atoms with Crippen molar-refractivity contribution < 1.29 is 19.1 Å². The van der Waals surface area contributed by atoms with Crippen LogP contribution in [0.15, 0.2) is 18.2 Å². The highest BCUT2D eigenvalue weighted by molar-refractivity contribution is 6.05. The highest BCUT2D eigenvalue weighted by Gasteiger charge is 2.45. The van der Waals surface area contributed by atoms with E-state index in [4.69, 9.17) is 4.74 Å². The van der Waals surface area contributed by atoms with Crippen molar-refractivity contribution in [2.75, 3.05) is 13.2 Å². The minimum absolute atomic E-state index is 0.147. The van der Waals surface area contributed by atoms with Crippen LogP contribution in [0.1, 0.15) is 54.9 Å². The molecule has 0 radical (unpaired) electrons. The van der Waals surface area contributed by atoms with Crippen LogP contribution in [0.4, 0.5) is 0 Å². The van der Waals surface area contributed by atoms with E-state index >= 15 is 0 Å². The van der Waals surface area contributed by atoms with Gasteiger partial charge in [0.05, 0.1) is 0 Å². The zero-order valence-corrected chi connectivity index (χ0v) is 16.7. The largest absolute Gasteiger partial charge is 0.492 e. The summed E-state index contributed by atoms with van der Waals surface area (Å²) in [4.78, 5) is 40.5. The number of benzene rings is 1. The molecule has 0 aromatic heterocycles. The monoisotopic (exact) mass is 397 g/mol. The Balaban J connectivity index is 1.26. The van der Waals surface area contributed by atoms with Crippen molar-refractivity contribution in [2.45, 2.75) is 63.7 Å². The summed E-state index contributed by atoms with van der Waals surface area (Å²) in [6.45, 7) is 4.35. The van der Waals surface area contributed by atoms with Gasteiger partial charge in [-0.15, -0.1) is 0 Å². The van der Waals surface area contributed by atoms with Gasteiger partial charge in [0, 0.05) is 30.6 Å². The highest BCUT2D eigenvalue weighted by Crippen LogP contribution is 2.42. The molecule has 1 saturated carbocycles. The Hall–Kier alpha value is -2.41. The summed E-state index contributed by atoms with van der Waals surface area (Å²) in [5.74, 6) is 0.716. The molecular weight excluding hydrogens is 370 g/mol. The maximum absolute atomic E-state index is 12.8. The van der Waals surface area contributed by atoms with Crippen molar-refractivity contribution >= 4 is 17.7 Å². The molecule has 5 rings (SSSR count). The number of hydrogen-bond acceptors (Lipinski definition) is 5. The molecule has 29 heavy (non-hydrogen) atoms. The summed E-state index contributed by atoms with van der Waals surface area (Å²) < 4.78 is 6.16. The average Bonchev–Trinajstić information content (AvgIpc) is 3.40. The van der Waals surface area contributed by atoms with Crippen molar-refractivity contribution in [2.24, 2.45) is 5.92 Å². The molecule has 1 aromatic carbocycles. The van der Waals surface area contributed by atoms with E-state index in [0.29, 0.717) is 31.2 Å². The van der Waals surface area contributed by atoms with Gasteiger partial charge in [-0.1, -0.05) is 6.92 Å². The number of fused-ring (bicyclic) bond motifs is 3. The third-order valence-corrected chi connectivity index (χ3v) is 7.17. The Morgan fingerprint density at radius 3 is 2.83 bits per heavy atom. The molecule has 2 saturated heterocycles. The predicted molar refractivity (Wildman–Crippen MR) is 105 cm³/mol. The van der Waals surface area contributed by atoms with Crippen LogP contribution in [0.3, 0.4) is 0 Å². The second kappa shape index (κ2) is 7.13. The summed E-state index contributed by atoms with van der Waals surface area (Å²) in [5.41, 5.74) is 1.51. The van der Waals surface area contributed by atoms with E-state index in [1.807, 2.05) is 12.1 Å². The number of nitrogens with one attached hydrogen (secondary N) is 1. The lowest BCUT2D eigenvalue weighted by Gasteiger charge is -2.34. The van der Waals surface area contributed by atoms with Gasteiger partial charge in [-0.2, -0.15) is 0 Å². The first-order valence-corrected chi connectivity index (χ1v) is 10.7. The number of imide groups is 1. The number of amides is 3. The Labute approximate surface area is 170 Å². The normalized spacial score (nSPS) is 31.3. The fourth-order valence-electron chi connectivity index (χ4n) is 5.73. The van der Waals surface area contributed by atoms with Crippen molar-refractivity contribution in [3.05, 3.63) is 29.3 Å². The van der Waals surface area contributed by atoms with Crippen LogP contribution in [0.2, 0.25) is 0 Å². The molecule has 154 valence electrons. The maximum Gasteiger partial charge on any atom is 0.255 e. The summed E-state index contributed by atoms with van der Waals surface area (Å²) in [5, 5.41) is 2.34. The molecule has 4 atom stereocenters. The van der Waals surface area contributed by atoms with E-state index in [9.17, 15) is 14.4 Å². The summed E-state index contributed by atoms with van der Waals surface area (Å²) >= 11 is 0. The van der Waals surface area contributed by atoms with Crippen LogP contribution < -0.4 is 10.1 Å². The third kappa shape index (κ3) is 3.12. The van der Waals surface area contributed by atoms with Gasteiger partial charge >= 0.3 is 0 Å². The molecule has 1 N–H and O–H groups in total. The van der Waals surface area contributed by atoms with Gasteiger partial charge in [0.2, 0.25) is 11.8 Å². The lowest BCUT2D eigenvalue weighted by Crippen LogP contribution is -2.52. The molecule has 7 heteroatoms. The number of carbonyl (C=O) groups is 3. The minimum atomic E-state index is -0.580. The molecular formula is C22H27N3O4. The molecule has 3 aliphatic heterocycles. The van der Waals surface area contributed by atoms with Gasteiger partial charge in [-0.3, -0.25) is 24.6 Å². The van der Waals surface area contributed by atoms with Crippen molar-refractivity contribution in [1.82, 2.24) is 15.1 Å². The van der Waals surface area contributed by atoms with Crippen LogP contribution in [0.5, 0.6) is 5.75 Å². The van der Waals surface area contributed by atoms with Crippen molar-refractivity contribution in [3.63, 3.8) is 0 Å². The minimum Gasteiger partial charge on any atom is -0.492 e. The quantitative estimate of drug-likeness (QED) is 0.765. The van der Waals surface area contributed by atoms with Crippen LogP contribution in [0.25, 0.3) is 0 Å². The number of nitrogens with zero attached hydrogens (tertiary/aromatic N) is 2. The zero-order chi connectivity index (χ0) is 20.1. The van der Waals surface area contributed by atoms with E-state index in [1.54, 1.807) is 11.0 Å². The molecule has 2 bridgehead atoms. The second-order valence-corrected chi connectivity index (χ2v) is 8.65. The number of rotatable bonds is 5. The number of ether oxygens (including phenoxy) is 1. The SMILES string of the molecule is CCN1[C@H]2CC[C@H](C2)[C@H]1COc1ccc2c(c1)CN([C@@H]1CCC(=O)NC1=O)C2=O. The molecule has 3 fully saturated rings. The zero-order valence-electron chi connectivity index (χ0n) is 16.7. The van der Waals surface area contributed by atoms with Crippen LogP contribution in [-0.4, -0.2) is 58.8 Å². The number of hydrogen-bond donors (Lipinski definition) is 1. The van der Waals surface area contributed by atoms with Gasteiger partial charge in [0.25, 0.3) is 5.91 Å². The average molecular weight is 397 g/mol. The van der Waals surface area contributed by atoms with E-state index in [0.717, 1.165) is 29.8 Å². The fourth-order valence-corrected chi connectivity index (χ4v) is 5.73. The van der Waals surface area contributed by atoms with Gasteiger partial charge in [0.1, 0.15) is 18.4 Å². The molecule has 0 unspecified atom stereocenters. The molecule has 3 heterocycles. The Bertz CT molecular complexity index is 870. The van der Waals surface area contributed by atoms with Gasteiger partial charge in [0.15, 0.2) is 0 Å². The maximum atomic E-state index is 12.8.